The smallest absolute Gasteiger partial charge is 0.156 e. The third-order valence-electron chi connectivity index (χ3n) is 3.70. The monoisotopic (exact) mass is 198 g/mol. The van der Waals surface area contributed by atoms with Crippen LogP contribution in [0, 0.1) is 0 Å². The number of fused-ring (bicyclic) bond motifs is 2. The molecule has 0 saturated carbocycles. The van der Waals surface area contributed by atoms with Crippen LogP contribution < -0.4 is 0 Å². The molecule has 0 N–H and O–H groups in total. The van der Waals surface area contributed by atoms with Crippen LogP contribution in [0.4, 0.5) is 0 Å². The van der Waals surface area contributed by atoms with Gasteiger partial charge in [0.1, 0.15) is 0 Å². The molecule has 0 heterocycles. The fourth-order valence-electron chi connectivity index (χ4n) is 2.99. The van der Waals surface area contributed by atoms with Crippen molar-refractivity contribution in [1.82, 2.24) is 0 Å². The molecule has 1 aromatic carbocycles. The number of rotatable bonds is 0. The first-order chi connectivity index (χ1) is 7.30. The van der Waals surface area contributed by atoms with Gasteiger partial charge in [0.15, 0.2) is 5.78 Å². The molecule has 2 aliphatic rings. The van der Waals surface area contributed by atoms with Gasteiger partial charge in [0, 0.05) is 11.8 Å². The number of hydrogen-bond donors (Lipinski definition) is 0. The molecule has 3 rings (SSSR count). The maximum Gasteiger partial charge on any atom is 0.156 e. The average molecular weight is 198 g/mol. The van der Waals surface area contributed by atoms with Gasteiger partial charge in [-0.25, -0.2) is 0 Å². The highest BCUT2D eigenvalue weighted by atomic mass is 16.1. The van der Waals surface area contributed by atoms with Crippen molar-refractivity contribution in [1.29, 1.82) is 0 Å². The maximum absolute atomic E-state index is 11.4. The molecule has 0 aromatic heterocycles. The van der Waals surface area contributed by atoms with Crippen LogP contribution in [0.5, 0.6) is 0 Å². The fourth-order valence-corrected chi connectivity index (χ4v) is 2.99. The normalized spacial score (nSPS) is 28.4. The Kier molecular flexibility index (Phi) is 1.82. The largest absolute Gasteiger partial charge is 0.295 e. The van der Waals surface area contributed by atoms with Crippen molar-refractivity contribution in [3.63, 3.8) is 0 Å². The van der Waals surface area contributed by atoms with E-state index < -0.39 is 0 Å². The molecule has 1 atom stereocenters. The van der Waals surface area contributed by atoms with E-state index in [9.17, 15) is 4.79 Å². The summed E-state index contributed by atoms with van der Waals surface area (Å²) in [5.74, 6) is 0.284. The van der Waals surface area contributed by atoms with Gasteiger partial charge in [-0.15, -0.1) is 0 Å². The van der Waals surface area contributed by atoms with Crippen LogP contribution in [-0.2, 0) is 16.6 Å². The number of carbonyl (C=O) groups excluding carboxylic acids is 1. The second kappa shape index (κ2) is 3.06. The molecule has 1 unspecified atom stereocenters. The van der Waals surface area contributed by atoms with Crippen LogP contribution in [-0.4, -0.2) is 5.78 Å². The Balaban J connectivity index is 2.14. The molecule has 0 bridgehead atoms. The number of allylic oxidation sites excluding steroid dienone is 2. The zero-order valence-electron chi connectivity index (χ0n) is 8.70. The predicted molar refractivity (Wildman–Crippen MR) is 59.8 cm³/mol. The molecular weight excluding hydrogens is 184 g/mol. The highest BCUT2D eigenvalue weighted by Crippen LogP contribution is 2.43. The van der Waals surface area contributed by atoms with Gasteiger partial charge in [-0.1, -0.05) is 30.3 Å². The predicted octanol–water partition coefficient (Wildman–Crippen LogP) is 2.79. The van der Waals surface area contributed by atoms with E-state index in [1.165, 1.54) is 24.0 Å². The molecule has 0 saturated heterocycles. The maximum atomic E-state index is 11.4. The van der Waals surface area contributed by atoms with Crippen molar-refractivity contribution in [2.75, 3.05) is 0 Å². The lowest BCUT2D eigenvalue weighted by Gasteiger charge is -2.33. The van der Waals surface area contributed by atoms with Crippen LogP contribution in [0.25, 0.3) is 0 Å². The Morgan fingerprint density at radius 3 is 2.87 bits per heavy atom. The van der Waals surface area contributed by atoms with Crippen molar-refractivity contribution in [3.8, 4) is 0 Å². The highest BCUT2D eigenvalue weighted by molar-refractivity contribution is 5.94. The third-order valence-corrected chi connectivity index (χ3v) is 3.70. The molecule has 1 heteroatoms. The summed E-state index contributed by atoms with van der Waals surface area (Å²) in [6, 6.07) is 8.57. The number of benzene rings is 1. The van der Waals surface area contributed by atoms with Crippen molar-refractivity contribution in [2.45, 2.75) is 31.1 Å². The zero-order chi connectivity index (χ0) is 10.3. The van der Waals surface area contributed by atoms with Crippen LogP contribution in [0.3, 0.4) is 0 Å². The van der Waals surface area contributed by atoms with E-state index in [4.69, 9.17) is 0 Å². The lowest BCUT2D eigenvalue weighted by Crippen LogP contribution is -2.27. The Morgan fingerprint density at radius 1 is 1.20 bits per heavy atom. The van der Waals surface area contributed by atoms with E-state index in [1.807, 2.05) is 0 Å². The molecule has 15 heavy (non-hydrogen) atoms. The first-order valence-electron chi connectivity index (χ1n) is 5.61. The van der Waals surface area contributed by atoms with E-state index in [2.05, 4.69) is 30.3 Å². The average Bonchev–Trinajstić information content (AvgIpc) is 2.62. The molecule has 76 valence electrons. The summed E-state index contributed by atoms with van der Waals surface area (Å²) in [4.78, 5) is 11.4. The summed E-state index contributed by atoms with van der Waals surface area (Å²) in [6.07, 6.45) is 8.08. The van der Waals surface area contributed by atoms with Gasteiger partial charge in [-0.05, 0) is 36.5 Å². The minimum Gasteiger partial charge on any atom is -0.295 e. The number of carbonyl (C=O) groups is 1. The fraction of sp³-hybridized carbons (Fsp3) is 0.357. The SMILES string of the molecule is O=C1C=CC2(CCCc3ccccc32)C1. The van der Waals surface area contributed by atoms with Gasteiger partial charge in [0.25, 0.3) is 0 Å². The van der Waals surface area contributed by atoms with Crippen molar-refractivity contribution in [3.05, 3.63) is 47.5 Å². The molecule has 0 radical (unpaired) electrons. The summed E-state index contributed by atoms with van der Waals surface area (Å²) in [5, 5.41) is 0. The van der Waals surface area contributed by atoms with E-state index in [0.717, 1.165) is 6.42 Å². The lowest BCUT2D eigenvalue weighted by atomic mass is 9.70. The molecule has 0 aliphatic heterocycles. The minimum atomic E-state index is 0.0475. The van der Waals surface area contributed by atoms with Gasteiger partial charge < -0.3 is 0 Å². The Hall–Kier alpha value is -1.37. The van der Waals surface area contributed by atoms with E-state index in [-0.39, 0.29) is 11.2 Å². The van der Waals surface area contributed by atoms with Crippen molar-refractivity contribution < 1.29 is 4.79 Å². The molecular formula is C14H14O. The second-order valence-corrected chi connectivity index (χ2v) is 4.64. The first-order valence-corrected chi connectivity index (χ1v) is 5.61. The van der Waals surface area contributed by atoms with Crippen LogP contribution in [0.2, 0.25) is 0 Å². The van der Waals surface area contributed by atoms with E-state index in [0.29, 0.717) is 6.42 Å². The summed E-state index contributed by atoms with van der Waals surface area (Å²) >= 11 is 0. The highest BCUT2D eigenvalue weighted by Gasteiger charge is 2.38. The topological polar surface area (TPSA) is 17.1 Å². The second-order valence-electron chi connectivity index (χ2n) is 4.64. The zero-order valence-corrected chi connectivity index (χ0v) is 8.70. The van der Waals surface area contributed by atoms with E-state index in [1.54, 1.807) is 6.08 Å². The summed E-state index contributed by atoms with van der Waals surface area (Å²) in [5.41, 5.74) is 2.87. The van der Waals surface area contributed by atoms with Crippen LogP contribution >= 0.6 is 0 Å². The molecule has 0 fully saturated rings. The van der Waals surface area contributed by atoms with Crippen molar-refractivity contribution >= 4 is 5.78 Å². The molecule has 1 aromatic rings. The molecule has 2 aliphatic carbocycles. The number of ketones is 1. The third kappa shape index (κ3) is 1.26. The minimum absolute atomic E-state index is 0.0475. The number of hydrogen-bond acceptors (Lipinski definition) is 1. The van der Waals surface area contributed by atoms with Gasteiger partial charge in [-0.3, -0.25) is 4.79 Å². The lowest BCUT2D eigenvalue weighted by molar-refractivity contribution is -0.114. The van der Waals surface area contributed by atoms with Gasteiger partial charge in [-0.2, -0.15) is 0 Å². The summed E-state index contributed by atoms with van der Waals surface area (Å²) in [6.45, 7) is 0. The van der Waals surface area contributed by atoms with Crippen LogP contribution in [0.1, 0.15) is 30.4 Å². The molecule has 1 spiro atoms. The number of aryl methyl sites for hydroxylation is 1. The molecule has 1 nitrogen and oxygen atoms in total. The van der Waals surface area contributed by atoms with Crippen LogP contribution in [0.15, 0.2) is 36.4 Å². The van der Waals surface area contributed by atoms with E-state index >= 15 is 0 Å². The Morgan fingerprint density at radius 2 is 2.07 bits per heavy atom. The van der Waals surface area contributed by atoms with Gasteiger partial charge in [0.05, 0.1) is 0 Å². The summed E-state index contributed by atoms with van der Waals surface area (Å²) < 4.78 is 0. The van der Waals surface area contributed by atoms with Gasteiger partial charge in [0.2, 0.25) is 0 Å². The van der Waals surface area contributed by atoms with Gasteiger partial charge >= 0.3 is 0 Å². The first kappa shape index (κ1) is 8.90. The quantitative estimate of drug-likeness (QED) is 0.626. The Labute approximate surface area is 89.8 Å². The van der Waals surface area contributed by atoms with Crippen molar-refractivity contribution in [2.24, 2.45) is 0 Å². The molecule has 0 amide bonds. The summed E-state index contributed by atoms with van der Waals surface area (Å²) in [7, 11) is 0. The standard InChI is InChI=1S/C14H14O/c15-12-7-9-14(10-12)8-3-5-11-4-1-2-6-13(11)14/h1-2,4,6-7,9H,3,5,8,10H2. The Bertz CT molecular complexity index is 444.